The van der Waals surface area contributed by atoms with Gasteiger partial charge in [-0.1, -0.05) is 35.5 Å². The number of hydrogen-bond donors (Lipinski definition) is 1. The third-order valence-corrected chi connectivity index (χ3v) is 4.73. The van der Waals surface area contributed by atoms with Gasteiger partial charge in [-0.25, -0.2) is 0 Å². The van der Waals surface area contributed by atoms with Crippen LogP contribution in [0.25, 0.3) is 17.4 Å². The van der Waals surface area contributed by atoms with Gasteiger partial charge in [0, 0.05) is 28.2 Å². The second kappa shape index (κ2) is 8.19. The number of carbonyl (C=O) groups is 1. The molecule has 0 atom stereocenters. The molecule has 0 spiro atoms. The smallest absolute Gasteiger partial charge is 0.268 e. The number of aromatic nitrogens is 2. The van der Waals surface area contributed by atoms with E-state index in [1.54, 1.807) is 24.3 Å². The van der Waals surface area contributed by atoms with E-state index in [2.05, 4.69) is 14.7 Å². The summed E-state index contributed by atoms with van der Waals surface area (Å²) in [5.41, 5.74) is 0.705. The number of nitrogens with zero attached hydrogens (tertiary/aromatic N) is 3. The van der Waals surface area contributed by atoms with E-state index < -0.39 is 5.91 Å². The summed E-state index contributed by atoms with van der Waals surface area (Å²) in [4.78, 5) is 16.3. The van der Waals surface area contributed by atoms with Gasteiger partial charge in [0.15, 0.2) is 0 Å². The maximum Gasteiger partial charge on any atom is 0.268 e. The van der Waals surface area contributed by atoms with E-state index >= 15 is 0 Å². The average molecular weight is 403 g/mol. The molecule has 0 aliphatic heterocycles. The van der Waals surface area contributed by atoms with Gasteiger partial charge in [-0.2, -0.15) is 14.6 Å². The second-order valence-electron chi connectivity index (χ2n) is 4.92. The number of rotatable bonds is 5. The van der Waals surface area contributed by atoms with Crippen LogP contribution in [-0.4, -0.2) is 21.5 Å². The molecule has 2 aromatic heterocycles. The Hall–Kier alpha value is -2.60. The molecule has 9 heteroatoms. The Bertz CT molecular complexity index is 1020. The average Bonchev–Trinajstić information content (AvgIpc) is 3.28. The number of anilines is 1. The summed E-state index contributed by atoms with van der Waals surface area (Å²) in [6.07, 6.45) is 3.21. The number of nitrogens with one attached hydrogen (secondary N) is 1. The zero-order chi connectivity index (χ0) is 18.5. The summed E-state index contributed by atoms with van der Waals surface area (Å²) in [6, 6.07) is 12.5. The fourth-order valence-electron chi connectivity index (χ4n) is 2.03. The standard InChI is InChI=1S/C17H11ClN4O2S2/c1-25-17-21-16(26-22-17)20-15(23)11(9-19)8-13-5-6-14(24-13)10-3-2-4-12(18)7-10/h2-8H,1H3,(H,20,21,22,23). The van der Waals surface area contributed by atoms with Crippen molar-refractivity contribution in [1.29, 1.82) is 5.26 Å². The SMILES string of the molecule is CSc1nsc(NC(=O)C(C#N)=Cc2ccc(-c3cccc(Cl)c3)o2)n1. The van der Waals surface area contributed by atoms with Gasteiger partial charge in [0.1, 0.15) is 23.2 Å². The number of carbonyl (C=O) groups excluding carboxylic acids is 1. The Labute approximate surface area is 162 Å². The van der Waals surface area contributed by atoms with Crippen molar-refractivity contribution in [3.63, 3.8) is 0 Å². The zero-order valence-corrected chi connectivity index (χ0v) is 15.8. The third-order valence-electron chi connectivity index (χ3n) is 3.20. The topological polar surface area (TPSA) is 91.8 Å². The Morgan fingerprint density at radius 3 is 2.96 bits per heavy atom. The molecule has 2 heterocycles. The van der Waals surface area contributed by atoms with Crippen LogP contribution in [-0.2, 0) is 4.79 Å². The number of halogens is 1. The highest BCUT2D eigenvalue weighted by Gasteiger charge is 2.14. The first kappa shape index (κ1) is 18.2. The van der Waals surface area contributed by atoms with E-state index in [9.17, 15) is 10.1 Å². The molecule has 0 radical (unpaired) electrons. The maximum atomic E-state index is 12.2. The lowest BCUT2D eigenvalue weighted by atomic mass is 10.2. The molecule has 0 saturated carbocycles. The number of amides is 1. The van der Waals surface area contributed by atoms with E-state index in [0.717, 1.165) is 17.1 Å². The highest BCUT2D eigenvalue weighted by Crippen LogP contribution is 2.26. The van der Waals surface area contributed by atoms with Gasteiger partial charge in [0.05, 0.1) is 0 Å². The van der Waals surface area contributed by atoms with Crippen molar-refractivity contribution in [3.8, 4) is 17.4 Å². The Morgan fingerprint density at radius 1 is 1.42 bits per heavy atom. The van der Waals surface area contributed by atoms with Gasteiger partial charge < -0.3 is 4.42 Å². The first-order valence-corrected chi connectivity index (χ1v) is 9.63. The largest absolute Gasteiger partial charge is 0.457 e. The molecule has 0 aliphatic carbocycles. The molecule has 3 rings (SSSR count). The van der Waals surface area contributed by atoms with Crippen LogP contribution >= 0.6 is 34.9 Å². The lowest BCUT2D eigenvalue weighted by Crippen LogP contribution is -2.13. The monoisotopic (exact) mass is 402 g/mol. The molecular formula is C17H11ClN4O2S2. The summed E-state index contributed by atoms with van der Waals surface area (Å²) >= 11 is 8.40. The molecule has 26 heavy (non-hydrogen) atoms. The predicted molar refractivity (Wildman–Crippen MR) is 103 cm³/mol. The molecule has 0 unspecified atom stereocenters. The first-order valence-electron chi connectivity index (χ1n) is 7.25. The first-order chi connectivity index (χ1) is 12.6. The number of furan rings is 1. The summed E-state index contributed by atoms with van der Waals surface area (Å²) in [6.45, 7) is 0. The minimum atomic E-state index is -0.572. The van der Waals surface area contributed by atoms with Crippen LogP contribution in [0.4, 0.5) is 5.13 Å². The molecule has 1 aromatic carbocycles. The van der Waals surface area contributed by atoms with Crippen molar-refractivity contribution in [2.75, 3.05) is 11.6 Å². The van der Waals surface area contributed by atoms with Crippen LogP contribution in [0.2, 0.25) is 5.02 Å². The Kier molecular flexibility index (Phi) is 5.73. The second-order valence-corrected chi connectivity index (χ2v) is 6.88. The number of nitriles is 1. The fraction of sp³-hybridized carbons (Fsp3) is 0.0588. The minimum Gasteiger partial charge on any atom is -0.457 e. The number of benzene rings is 1. The highest BCUT2D eigenvalue weighted by atomic mass is 35.5. The number of thioether (sulfide) groups is 1. The van der Waals surface area contributed by atoms with Crippen LogP contribution in [0.3, 0.4) is 0 Å². The van der Waals surface area contributed by atoms with Crippen LogP contribution in [0.15, 0.2) is 51.5 Å². The number of hydrogen-bond acceptors (Lipinski definition) is 7. The van der Waals surface area contributed by atoms with Gasteiger partial charge in [0.2, 0.25) is 10.3 Å². The van der Waals surface area contributed by atoms with Crippen LogP contribution in [0.1, 0.15) is 5.76 Å². The quantitative estimate of drug-likeness (QED) is 0.377. The molecule has 1 amide bonds. The lowest BCUT2D eigenvalue weighted by Gasteiger charge is -1.99. The zero-order valence-electron chi connectivity index (χ0n) is 13.4. The van der Waals surface area contributed by atoms with E-state index in [1.165, 1.54) is 17.8 Å². The van der Waals surface area contributed by atoms with Crippen molar-refractivity contribution >= 4 is 52.0 Å². The van der Waals surface area contributed by atoms with Gasteiger partial charge in [-0.3, -0.25) is 10.1 Å². The minimum absolute atomic E-state index is 0.0992. The van der Waals surface area contributed by atoms with E-state index in [1.807, 2.05) is 24.5 Å². The van der Waals surface area contributed by atoms with Crippen molar-refractivity contribution in [2.45, 2.75) is 5.16 Å². The van der Waals surface area contributed by atoms with Crippen LogP contribution < -0.4 is 5.32 Å². The molecule has 6 nitrogen and oxygen atoms in total. The fourth-order valence-corrected chi connectivity index (χ4v) is 3.34. The highest BCUT2D eigenvalue weighted by molar-refractivity contribution is 7.98. The summed E-state index contributed by atoms with van der Waals surface area (Å²) in [5, 5.41) is 13.3. The van der Waals surface area contributed by atoms with Crippen molar-refractivity contribution < 1.29 is 9.21 Å². The third kappa shape index (κ3) is 4.32. The maximum absolute atomic E-state index is 12.2. The molecule has 130 valence electrons. The molecular weight excluding hydrogens is 392 g/mol. The lowest BCUT2D eigenvalue weighted by molar-refractivity contribution is -0.112. The van der Waals surface area contributed by atoms with Gasteiger partial charge in [0.25, 0.3) is 5.91 Å². The Balaban J connectivity index is 1.78. The molecule has 3 aromatic rings. The van der Waals surface area contributed by atoms with Crippen molar-refractivity contribution in [1.82, 2.24) is 9.36 Å². The van der Waals surface area contributed by atoms with E-state index in [-0.39, 0.29) is 5.57 Å². The summed E-state index contributed by atoms with van der Waals surface area (Å²) in [5.74, 6) is 0.399. The van der Waals surface area contributed by atoms with Gasteiger partial charge in [-0.15, -0.1) is 0 Å². The van der Waals surface area contributed by atoms with E-state index in [0.29, 0.717) is 26.8 Å². The summed E-state index contributed by atoms with van der Waals surface area (Å²) in [7, 11) is 0. The van der Waals surface area contributed by atoms with E-state index in [4.69, 9.17) is 16.0 Å². The van der Waals surface area contributed by atoms with Gasteiger partial charge in [-0.05, 0) is 30.5 Å². The molecule has 1 N–H and O–H groups in total. The van der Waals surface area contributed by atoms with Crippen molar-refractivity contribution in [2.24, 2.45) is 0 Å². The Morgan fingerprint density at radius 2 is 2.27 bits per heavy atom. The normalized spacial score (nSPS) is 11.2. The molecule has 0 bridgehead atoms. The molecule has 0 fully saturated rings. The van der Waals surface area contributed by atoms with Crippen molar-refractivity contribution in [3.05, 3.63) is 52.8 Å². The predicted octanol–water partition coefficient (Wildman–Crippen LogP) is 4.72. The molecule has 0 saturated heterocycles. The van der Waals surface area contributed by atoms with Crippen LogP contribution in [0.5, 0.6) is 0 Å². The summed E-state index contributed by atoms with van der Waals surface area (Å²) < 4.78 is 9.73. The van der Waals surface area contributed by atoms with Crippen LogP contribution in [0, 0.1) is 11.3 Å². The van der Waals surface area contributed by atoms with Gasteiger partial charge >= 0.3 is 0 Å². The molecule has 0 aliphatic rings.